The van der Waals surface area contributed by atoms with E-state index in [-0.39, 0.29) is 0 Å². The van der Waals surface area contributed by atoms with Crippen LogP contribution in [0.1, 0.15) is 20.1 Å². The van der Waals surface area contributed by atoms with Crippen LogP contribution in [0.2, 0.25) is 0 Å². The van der Waals surface area contributed by atoms with Crippen molar-refractivity contribution in [3.8, 4) is 6.07 Å². The lowest BCUT2D eigenvalue weighted by atomic mass is 10.2. The molecule has 0 saturated heterocycles. The summed E-state index contributed by atoms with van der Waals surface area (Å²) in [6.45, 7) is 3.77. The molecule has 0 aliphatic carbocycles. The highest BCUT2D eigenvalue weighted by atomic mass is 32.1. The van der Waals surface area contributed by atoms with Gasteiger partial charge in [-0.15, -0.1) is 11.3 Å². The van der Waals surface area contributed by atoms with Crippen LogP contribution >= 0.6 is 11.3 Å². The van der Waals surface area contributed by atoms with Crippen molar-refractivity contribution in [2.75, 3.05) is 0 Å². The Bertz CT molecular complexity index is 332. The lowest BCUT2D eigenvalue weighted by molar-refractivity contribution is 0.105. The number of Topliss-reactive ketones (excluding diaryl/α,β-unsaturated/α-hetero) is 1. The molecule has 0 bridgehead atoms. The standard InChI is InChI=1S/C8H7NOS/c1-5-3-7(6(2)11-5)8(10)4-9/h3H,1-2H3. The molecule has 1 aromatic heterocycles. The molecule has 0 N–H and O–H groups in total. The smallest absolute Gasteiger partial charge is 0.263 e. The fourth-order valence-electron chi connectivity index (χ4n) is 0.916. The molecular formula is C8H7NOS. The zero-order valence-corrected chi connectivity index (χ0v) is 7.16. The van der Waals surface area contributed by atoms with E-state index in [2.05, 4.69) is 0 Å². The topological polar surface area (TPSA) is 40.9 Å². The van der Waals surface area contributed by atoms with Crippen LogP contribution < -0.4 is 0 Å². The van der Waals surface area contributed by atoms with Gasteiger partial charge in [0.05, 0.1) is 0 Å². The summed E-state index contributed by atoms with van der Waals surface area (Å²) in [6.07, 6.45) is 0. The van der Waals surface area contributed by atoms with Gasteiger partial charge in [0.1, 0.15) is 6.07 Å². The number of carbonyl (C=O) groups is 1. The minimum atomic E-state index is -0.438. The number of carbonyl (C=O) groups excluding carboxylic acids is 1. The molecule has 56 valence electrons. The van der Waals surface area contributed by atoms with Crippen LogP contribution in [0.25, 0.3) is 0 Å². The SMILES string of the molecule is Cc1cc(C(=O)C#N)c(C)s1. The molecule has 1 aromatic rings. The van der Waals surface area contributed by atoms with E-state index in [0.717, 1.165) is 9.75 Å². The summed E-state index contributed by atoms with van der Waals surface area (Å²) in [5.74, 6) is -0.438. The minimum Gasteiger partial charge on any atom is -0.277 e. The largest absolute Gasteiger partial charge is 0.277 e. The van der Waals surface area contributed by atoms with Crippen molar-refractivity contribution >= 4 is 17.1 Å². The molecule has 0 unspecified atom stereocenters. The Morgan fingerprint density at radius 2 is 2.27 bits per heavy atom. The Balaban J connectivity index is 3.15. The summed E-state index contributed by atoms with van der Waals surface area (Å²) < 4.78 is 0. The Morgan fingerprint density at radius 1 is 1.64 bits per heavy atom. The van der Waals surface area contributed by atoms with Crippen molar-refractivity contribution < 1.29 is 4.79 Å². The van der Waals surface area contributed by atoms with E-state index in [0.29, 0.717) is 5.56 Å². The van der Waals surface area contributed by atoms with Gasteiger partial charge >= 0.3 is 0 Å². The second-order valence-corrected chi connectivity index (χ2v) is 3.73. The van der Waals surface area contributed by atoms with E-state index < -0.39 is 5.78 Å². The highest BCUT2D eigenvalue weighted by Gasteiger charge is 2.09. The number of nitriles is 1. The monoisotopic (exact) mass is 165 g/mol. The fourth-order valence-corrected chi connectivity index (χ4v) is 1.84. The van der Waals surface area contributed by atoms with Crippen LogP contribution in [0, 0.1) is 25.2 Å². The molecule has 0 atom stereocenters. The third-order valence-corrected chi connectivity index (χ3v) is 2.35. The Hall–Kier alpha value is -1.14. The molecule has 0 aromatic carbocycles. The lowest BCUT2D eigenvalue weighted by Crippen LogP contribution is -1.92. The maximum atomic E-state index is 10.9. The number of hydrogen-bond donors (Lipinski definition) is 0. The predicted octanol–water partition coefficient (Wildman–Crippen LogP) is 2.07. The summed E-state index contributed by atoms with van der Waals surface area (Å²) in [5.41, 5.74) is 0.551. The first-order valence-electron chi connectivity index (χ1n) is 3.16. The first-order valence-corrected chi connectivity index (χ1v) is 3.98. The van der Waals surface area contributed by atoms with Crippen molar-refractivity contribution in [1.29, 1.82) is 5.26 Å². The van der Waals surface area contributed by atoms with E-state index in [1.807, 2.05) is 13.8 Å². The molecule has 1 heterocycles. The highest BCUT2D eigenvalue weighted by Crippen LogP contribution is 2.20. The van der Waals surface area contributed by atoms with Crippen LogP contribution in [0.4, 0.5) is 0 Å². The quantitative estimate of drug-likeness (QED) is 0.472. The van der Waals surface area contributed by atoms with Gasteiger partial charge in [0.15, 0.2) is 0 Å². The van der Waals surface area contributed by atoms with Gasteiger partial charge in [0, 0.05) is 15.3 Å². The van der Waals surface area contributed by atoms with E-state index >= 15 is 0 Å². The number of rotatable bonds is 1. The maximum Gasteiger partial charge on any atom is 0.263 e. The molecule has 0 spiro atoms. The van der Waals surface area contributed by atoms with Crippen molar-refractivity contribution in [1.82, 2.24) is 0 Å². The Morgan fingerprint density at radius 3 is 2.64 bits per heavy atom. The summed E-state index contributed by atoms with van der Waals surface area (Å²) in [7, 11) is 0. The molecule has 3 heteroatoms. The Kier molecular flexibility index (Phi) is 2.06. The van der Waals surface area contributed by atoms with Gasteiger partial charge in [0.25, 0.3) is 5.78 Å². The van der Waals surface area contributed by atoms with E-state index in [1.165, 1.54) is 0 Å². The Labute approximate surface area is 69.1 Å². The number of hydrogen-bond acceptors (Lipinski definition) is 3. The normalized spacial score (nSPS) is 9.18. The van der Waals surface area contributed by atoms with Gasteiger partial charge < -0.3 is 0 Å². The number of thiophene rings is 1. The zero-order valence-electron chi connectivity index (χ0n) is 6.34. The molecule has 1 rings (SSSR count). The van der Waals surface area contributed by atoms with Gasteiger partial charge in [-0.25, -0.2) is 0 Å². The fraction of sp³-hybridized carbons (Fsp3) is 0.250. The van der Waals surface area contributed by atoms with Crippen LogP contribution in [0.3, 0.4) is 0 Å². The average Bonchev–Trinajstić information content (AvgIpc) is 2.28. The first kappa shape index (κ1) is 7.96. The lowest BCUT2D eigenvalue weighted by Gasteiger charge is -1.85. The van der Waals surface area contributed by atoms with E-state index in [1.54, 1.807) is 23.5 Å². The molecule has 0 aliphatic heterocycles. The van der Waals surface area contributed by atoms with Crippen molar-refractivity contribution in [2.24, 2.45) is 0 Å². The van der Waals surface area contributed by atoms with Crippen molar-refractivity contribution in [3.05, 3.63) is 21.4 Å². The summed E-state index contributed by atoms with van der Waals surface area (Å²) in [5, 5.41) is 8.33. The summed E-state index contributed by atoms with van der Waals surface area (Å²) in [4.78, 5) is 12.9. The molecule has 0 aliphatic rings. The molecule has 0 radical (unpaired) electrons. The van der Waals surface area contributed by atoms with Gasteiger partial charge in [-0.2, -0.15) is 5.26 Å². The van der Waals surface area contributed by atoms with E-state index in [9.17, 15) is 4.79 Å². The van der Waals surface area contributed by atoms with Crippen LogP contribution in [0.5, 0.6) is 0 Å². The van der Waals surface area contributed by atoms with Crippen LogP contribution in [-0.4, -0.2) is 5.78 Å². The van der Waals surface area contributed by atoms with Gasteiger partial charge in [0.2, 0.25) is 0 Å². The third kappa shape index (κ3) is 1.47. The van der Waals surface area contributed by atoms with Crippen LogP contribution in [0.15, 0.2) is 6.07 Å². The average molecular weight is 165 g/mol. The number of nitrogens with zero attached hydrogens (tertiary/aromatic N) is 1. The van der Waals surface area contributed by atoms with Crippen LogP contribution in [-0.2, 0) is 0 Å². The highest BCUT2D eigenvalue weighted by molar-refractivity contribution is 7.12. The molecule has 0 saturated carbocycles. The third-order valence-electron chi connectivity index (χ3n) is 1.39. The van der Waals surface area contributed by atoms with Gasteiger partial charge in [-0.1, -0.05) is 0 Å². The van der Waals surface area contributed by atoms with Crippen molar-refractivity contribution in [3.63, 3.8) is 0 Å². The zero-order chi connectivity index (χ0) is 8.43. The number of aryl methyl sites for hydroxylation is 2. The first-order chi connectivity index (χ1) is 5.15. The summed E-state index contributed by atoms with van der Waals surface area (Å²) >= 11 is 1.54. The number of ketones is 1. The van der Waals surface area contributed by atoms with E-state index in [4.69, 9.17) is 5.26 Å². The second kappa shape index (κ2) is 2.85. The minimum absolute atomic E-state index is 0.438. The molecule has 0 amide bonds. The molecular weight excluding hydrogens is 158 g/mol. The molecule has 2 nitrogen and oxygen atoms in total. The second-order valence-electron chi connectivity index (χ2n) is 2.27. The predicted molar refractivity (Wildman–Crippen MR) is 43.7 cm³/mol. The van der Waals surface area contributed by atoms with Crippen molar-refractivity contribution in [2.45, 2.75) is 13.8 Å². The maximum absolute atomic E-state index is 10.9. The summed E-state index contributed by atoms with van der Waals surface area (Å²) in [6, 6.07) is 3.36. The molecule has 11 heavy (non-hydrogen) atoms. The van der Waals surface area contributed by atoms with Gasteiger partial charge in [-0.3, -0.25) is 4.79 Å². The molecule has 0 fully saturated rings. The van der Waals surface area contributed by atoms with Gasteiger partial charge in [-0.05, 0) is 19.9 Å².